The Bertz CT molecular complexity index is 4990. The second-order valence-electron chi connectivity index (χ2n) is 50.1. The third kappa shape index (κ3) is 35.9. The molecule has 0 amide bonds. The molecule has 6 aromatic heterocycles. The molecule has 796 valence electrons. The smallest absolute Gasteiger partial charge is 0.217 e. The Hall–Kier alpha value is -10.6. The Morgan fingerprint density at radius 1 is 0.212 bits per heavy atom. The Kier molecular flexibility index (Phi) is 40.9. The van der Waals surface area contributed by atoms with Gasteiger partial charge in [-0.2, -0.15) is 0 Å². The number of nitrogens with zero attached hydrogens (tertiary/aromatic N) is 6. The van der Waals surface area contributed by atoms with Crippen molar-refractivity contribution >= 4 is 17.3 Å². The molecular formula is C125H181N11O10. The highest BCUT2D eigenvalue weighted by molar-refractivity contribution is 5.60. The standard InChI is InChI=1S/C14H20O.3C13H19NO.C13H18O.2C12H18N2O.2C12H17NO.C11H16N2O/c1-14(2,3)13-7-6-12-10-15-8-4-5-11(12)9-13;1-13(2,3)11-4-5-12-10(8-11)9-14-6-7-15-12;1-13(2,3)11-7-10-5-4-6-15-9-12(10)14-8-11;1-13(2,3)11-8-10-6-4-5-7-15-12(10)14-9-11;1-13(2,3)11-6-7-12-10(9-11)5-4-8-14-12;1-12(2,3)10-6-9-7-13-4-5-15-11(9)14-8-10;1-12(2,3)9-7-10-11(14-8-9)13-5-4-6-15-10;1-12(2,3)9-4-5-10-11(8-9)14-7-6-13-10;1-12(2,3)10-7-9-5-4-6-14-11(9)13-8-10;1-11(2,3)8-6-9-10(13-7-8)12-4-5-14-9/h6-7,9H,4-5,8,10H2,1-3H3;4-5,8,14H,6-7,9H2,1-3H3;7-8H,4-6,9H2,1-3H3;8-9H,4-7H2,1-3H3;6-7,9H,4-5,8H2,1-3H3;6,8,13H,4-5,7H2,1-3H3;7-8H,4-6H2,1-3H3,(H,13,14);4-5,8,13H,6-7H2,1-3H3;7-8H,4-6H2,1-3H3;6-7H,4-5H2,1-3H3,(H,12,13). The summed E-state index contributed by atoms with van der Waals surface area (Å²) in [5.41, 5.74) is 27.8. The molecule has 5 N–H and O–H groups in total. The van der Waals surface area contributed by atoms with E-state index in [0.29, 0.717) is 13.2 Å². The summed E-state index contributed by atoms with van der Waals surface area (Å²) in [4.78, 5) is 26.5. The summed E-state index contributed by atoms with van der Waals surface area (Å²) in [6.45, 7) is 82.2. The number of hydrogen-bond acceptors (Lipinski definition) is 21. The molecule has 0 fully saturated rings. The Labute approximate surface area is 878 Å². The van der Waals surface area contributed by atoms with E-state index >= 15 is 0 Å². The molecule has 21 nitrogen and oxygen atoms in total. The lowest BCUT2D eigenvalue weighted by Crippen LogP contribution is -2.20. The molecule has 10 aliphatic rings. The highest BCUT2D eigenvalue weighted by atomic mass is 16.5. The van der Waals surface area contributed by atoms with Crippen molar-refractivity contribution in [1.82, 2.24) is 40.5 Å². The van der Waals surface area contributed by atoms with Crippen molar-refractivity contribution in [3.05, 3.63) is 252 Å². The van der Waals surface area contributed by atoms with Crippen LogP contribution in [0.15, 0.2) is 146 Å². The van der Waals surface area contributed by atoms with Gasteiger partial charge in [-0.3, -0.25) is 4.98 Å². The van der Waals surface area contributed by atoms with Crippen molar-refractivity contribution in [2.75, 3.05) is 115 Å². The number of ether oxygens (including phenoxy) is 10. The lowest BCUT2D eigenvalue weighted by molar-refractivity contribution is 0.122. The fourth-order valence-electron chi connectivity index (χ4n) is 17.1. The van der Waals surface area contributed by atoms with Crippen LogP contribution in [-0.4, -0.2) is 129 Å². The number of nitrogens with one attached hydrogen (secondary N) is 5. The lowest BCUT2D eigenvalue weighted by Gasteiger charge is -2.24. The van der Waals surface area contributed by atoms with Gasteiger partial charge in [-0.25, -0.2) is 24.9 Å². The fourth-order valence-corrected chi connectivity index (χ4v) is 17.1. The second kappa shape index (κ2) is 51.6. The van der Waals surface area contributed by atoms with E-state index in [1.165, 1.54) is 119 Å². The van der Waals surface area contributed by atoms with Crippen LogP contribution < -0.4 is 64.5 Å². The average Bonchev–Trinajstić information content (AvgIpc) is 1.43. The first-order chi connectivity index (χ1) is 68.7. The van der Waals surface area contributed by atoms with Crippen LogP contribution >= 0.6 is 0 Å². The zero-order chi connectivity index (χ0) is 106. The molecule has 0 unspecified atom stereocenters. The van der Waals surface area contributed by atoms with E-state index in [1.54, 1.807) is 0 Å². The van der Waals surface area contributed by atoms with Gasteiger partial charge >= 0.3 is 0 Å². The maximum atomic E-state index is 5.66. The first-order valence-corrected chi connectivity index (χ1v) is 54.0. The highest BCUT2D eigenvalue weighted by Crippen LogP contribution is 2.40. The van der Waals surface area contributed by atoms with Crippen molar-refractivity contribution in [3.63, 3.8) is 0 Å². The summed E-state index contributed by atoms with van der Waals surface area (Å²) in [6.07, 6.45) is 25.2. The van der Waals surface area contributed by atoms with Gasteiger partial charge in [0.2, 0.25) is 17.6 Å². The summed E-state index contributed by atoms with van der Waals surface area (Å²) < 4.78 is 55.7. The predicted octanol–water partition coefficient (Wildman–Crippen LogP) is 27.3. The van der Waals surface area contributed by atoms with Crippen LogP contribution in [0.25, 0.3) is 0 Å². The molecule has 0 saturated heterocycles. The van der Waals surface area contributed by atoms with Crippen LogP contribution in [0, 0.1) is 0 Å². The van der Waals surface area contributed by atoms with Crippen LogP contribution in [0.1, 0.15) is 358 Å². The molecule has 0 bridgehead atoms. The van der Waals surface area contributed by atoms with Gasteiger partial charge in [0.1, 0.15) is 43.7 Å². The number of aromatic nitrogens is 6. The van der Waals surface area contributed by atoms with Crippen LogP contribution in [-0.2, 0) is 122 Å². The van der Waals surface area contributed by atoms with E-state index in [1.807, 2.05) is 37.2 Å². The van der Waals surface area contributed by atoms with Gasteiger partial charge in [0.15, 0.2) is 23.1 Å². The second-order valence-corrected chi connectivity index (χ2v) is 50.1. The largest absolute Gasteiger partial charge is 0.493 e. The predicted molar refractivity (Wildman–Crippen MR) is 601 cm³/mol. The van der Waals surface area contributed by atoms with Crippen LogP contribution in [0.2, 0.25) is 0 Å². The molecule has 10 aromatic rings. The number of anilines is 3. The summed E-state index contributed by atoms with van der Waals surface area (Å²) in [5, 5.41) is 16.5. The molecule has 0 spiro atoms. The third-order valence-electron chi connectivity index (χ3n) is 27.1. The third-order valence-corrected chi connectivity index (χ3v) is 27.1. The summed E-state index contributed by atoms with van der Waals surface area (Å²) in [5.74, 6) is 9.09. The number of hydrogen-bond donors (Lipinski definition) is 5. The SMILES string of the molecule is CC(C)(C)c1ccc2c(c1)CCCO2.CC(C)(C)c1ccc2c(c1)CCCOC2.CC(C)(C)c1ccc2c(c1)CNCCO2.CC(C)(C)c1ccc2c(c1)OCCN2.CC(C)(C)c1cnc2c(c1)CCCCO2.CC(C)(C)c1cnc2c(c1)CCCO2.CC(C)(C)c1cnc2c(c1)CCCOC2.CC(C)(C)c1cnc2c(c1)CNCCO2.CC(C)(C)c1cnc2c(c1)OCCCN2.CC(C)(C)c1cnc2c(c1)OCCN2. The normalized spacial score (nSPS) is 16.2. The molecule has 21 heteroatoms. The van der Waals surface area contributed by atoms with Crippen molar-refractivity contribution in [1.29, 1.82) is 0 Å². The Balaban J connectivity index is 0.000000154. The van der Waals surface area contributed by atoms with E-state index in [-0.39, 0.29) is 54.1 Å². The molecule has 20 rings (SSSR count). The Morgan fingerprint density at radius 2 is 0.534 bits per heavy atom. The minimum absolute atomic E-state index is 0.123. The first-order valence-electron chi connectivity index (χ1n) is 54.0. The van der Waals surface area contributed by atoms with Crippen molar-refractivity contribution in [2.45, 2.75) is 365 Å². The number of pyridine rings is 6. The number of rotatable bonds is 0. The molecule has 10 aliphatic heterocycles. The van der Waals surface area contributed by atoms with Gasteiger partial charge in [0.25, 0.3) is 0 Å². The average molecular weight is 2000 g/mol. The number of benzene rings is 4. The fraction of sp³-hybridized carbons (Fsp3) is 0.568. The van der Waals surface area contributed by atoms with Crippen molar-refractivity contribution in [3.8, 4) is 46.4 Å². The monoisotopic (exact) mass is 2000 g/mol. The zero-order valence-corrected chi connectivity index (χ0v) is 95.0. The van der Waals surface area contributed by atoms with Gasteiger partial charge in [-0.05, 0) is 264 Å². The first kappa shape index (κ1) is 116. The highest BCUT2D eigenvalue weighted by Gasteiger charge is 2.29. The number of aryl methyl sites for hydroxylation is 5. The number of fused-ring (bicyclic) bond motifs is 10. The van der Waals surface area contributed by atoms with E-state index < -0.39 is 0 Å². The quantitative estimate of drug-likeness (QED) is 0.0950. The molecule has 0 radical (unpaired) electrons. The van der Waals surface area contributed by atoms with Crippen molar-refractivity contribution in [2.24, 2.45) is 0 Å². The molecule has 4 aromatic carbocycles. The van der Waals surface area contributed by atoms with Crippen molar-refractivity contribution < 1.29 is 47.4 Å². The maximum Gasteiger partial charge on any atom is 0.217 e. The van der Waals surface area contributed by atoms with E-state index in [9.17, 15) is 0 Å². The summed E-state index contributed by atoms with van der Waals surface area (Å²) >= 11 is 0. The summed E-state index contributed by atoms with van der Waals surface area (Å²) in [6, 6.07) is 39.6. The summed E-state index contributed by atoms with van der Waals surface area (Å²) in [7, 11) is 0. The molecule has 0 aliphatic carbocycles. The molecule has 0 atom stereocenters. The zero-order valence-electron chi connectivity index (χ0n) is 95.0. The lowest BCUT2D eigenvalue weighted by atomic mass is 9.85. The van der Waals surface area contributed by atoms with E-state index in [0.717, 1.165) is 239 Å². The Morgan fingerprint density at radius 3 is 1.08 bits per heavy atom. The van der Waals surface area contributed by atoms with Gasteiger partial charge in [0.05, 0.1) is 57.6 Å². The van der Waals surface area contributed by atoms with Gasteiger partial charge < -0.3 is 74.0 Å². The van der Waals surface area contributed by atoms with Gasteiger partial charge in [-0.1, -0.05) is 262 Å². The minimum atomic E-state index is 0.123. The van der Waals surface area contributed by atoms with E-state index in [2.05, 4.69) is 373 Å². The van der Waals surface area contributed by atoms with E-state index in [4.69, 9.17) is 47.4 Å². The van der Waals surface area contributed by atoms with Crippen LogP contribution in [0.5, 0.6) is 46.4 Å². The molecule has 16 heterocycles. The molecule has 146 heavy (non-hydrogen) atoms. The van der Waals surface area contributed by atoms with Crippen LogP contribution in [0.3, 0.4) is 0 Å². The van der Waals surface area contributed by atoms with Crippen LogP contribution in [0.4, 0.5) is 17.3 Å². The topological polar surface area (TPSA) is 230 Å². The maximum absolute atomic E-state index is 5.66. The molecular weight excluding hydrogens is 1820 g/mol. The molecule has 0 saturated carbocycles. The minimum Gasteiger partial charge on any atom is -0.493 e. The van der Waals surface area contributed by atoms with Gasteiger partial charge in [0, 0.05) is 112 Å². The van der Waals surface area contributed by atoms with Gasteiger partial charge in [-0.15, -0.1) is 0 Å².